The molecular weight excluding hydrogens is 368 g/mol. The maximum atomic E-state index is 12.7. The summed E-state index contributed by atoms with van der Waals surface area (Å²) in [4.78, 5) is 13.8. The number of carbonyl (C=O) groups excluding carboxylic acids is 1. The summed E-state index contributed by atoms with van der Waals surface area (Å²) in [7, 11) is 0. The Kier molecular flexibility index (Phi) is 5.60. The van der Waals surface area contributed by atoms with Crippen LogP contribution in [0.25, 0.3) is 10.4 Å². The fraction of sp³-hybridized carbons (Fsp3) is 0.227. The van der Waals surface area contributed by atoms with Gasteiger partial charge in [0, 0.05) is 22.2 Å². The number of nitrogen functional groups attached to an aromatic ring is 1. The minimum atomic E-state index is -0.163. The van der Waals surface area contributed by atoms with Gasteiger partial charge >= 0.3 is 0 Å². The predicted molar refractivity (Wildman–Crippen MR) is 118 cm³/mol. The predicted octanol–water partition coefficient (Wildman–Crippen LogP) is 4.41. The zero-order valence-electron chi connectivity index (χ0n) is 15.6. The Hall–Kier alpha value is -2.83. The quantitative estimate of drug-likeness (QED) is 0.485. The van der Waals surface area contributed by atoms with Crippen LogP contribution in [0, 0.1) is 0 Å². The third-order valence-electron chi connectivity index (χ3n) is 4.96. The minimum Gasteiger partial charge on any atom is -0.397 e. The Labute approximate surface area is 169 Å². The van der Waals surface area contributed by atoms with Crippen molar-refractivity contribution >= 4 is 34.3 Å². The number of anilines is 3. The monoisotopic (exact) mass is 392 g/mol. The molecule has 1 fully saturated rings. The van der Waals surface area contributed by atoms with Gasteiger partial charge in [-0.25, -0.2) is 0 Å². The van der Waals surface area contributed by atoms with Crippen molar-refractivity contribution < 1.29 is 4.79 Å². The van der Waals surface area contributed by atoms with Crippen LogP contribution < -0.4 is 21.7 Å². The second-order valence-corrected chi connectivity index (χ2v) is 7.93. The van der Waals surface area contributed by atoms with Gasteiger partial charge in [0.25, 0.3) is 5.91 Å². The van der Waals surface area contributed by atoms with Gasteiger partial charge in [0.05, 0.1) is 11.4 Å². The average molecular weight is 393 g/mol. The van der Waals surface area contributed by atoms with Crippen LogP contribution in [0.2, 0.25) is 0 Å². The van der Waals surface area contributed by atoms with Crippen LogP contribution in [-0.2, 0) is 0 Å². The molecule has 0 atom stereocenters. The van der Waals surface area contributed by atoms with E-state index in [0.29, 0.717) is 23.0 Å². The fourth-order valence-electron chi connectivity index (χ4n) is 3.37. The van der Waals surface area contributed by atoms with E-state index in [9.17, 15) is 4.79 Å². The largest absolute Gasteiger partial charge is 0.397 e. The first kappa shape index (κ1) is 18.5. The number of benzene rings is 2. The second kappa shape index (κ2) is 8.46. The van der Waals surface area contributed by atoms with Crippen LogP contribution in [0.5, 0.6) is 0 Å². The van der Waals surface area contributed by atoms with Gasteiger partial charge in [-0.2, -0.15) is 0 Å². The summed E-state index contributed by atoms with van der Waals surface area (Å²) in [5.74, 6) is -0.163. The summed E-state index contributed by atoms with van der Waals surface area (Å²) in [6.45, 7) is 2.09. The number of piperidine rings is 1. The Morgan fingerprint density at radius 2 is 1.86 bits per heavy atom. The van der Waals surface area contributed by atoms with Crippen LogP contribution >= 0.6 is 11.3 Å². The van der Waals surface area contributed by atoms with E-state index in [1.54, 1.807) is 11.3 Å². The minimum absolute atomic E-state index is 0.163. The van der Waals surface area contributed by atoms with Gasteiger partial charge in [-0.05, 0) is 79.3 Å². The number of carbonyl (C=O) groups is 1. The van der Waals surface area contributed by atoms with Crippen LogP contribution in [0.15, 0.2) is 60.0 Å². The Morgan fingerprint density at radius 3 is 2.57 bits per heavy atom. The van der Waals surface area contributed by atoms with Gasteiger partial charge in [-0.1, -0.05) is 12.1 Å². The molecule has 6 heteroatoms. The standard InChI is InChI=1S/C22H24N4OS/c23-19-8-5-16(21-2-1-13-28-21)14-20(19)26-22(27)15-3-6-17(7-4-15)25-18-9-11-24-12-10-18/h1-8,13-14,18,24-25H,9-12,23H2,(H,26,27). The van der Waals surface area contributed by atoms with Crippen LogP contribution in [0.4, 0.5) is 17.1 Å². The zero-order chi connectivity index (χ0) is 19.3. The summed E-state index contributed by atoms with van der Waals surface area (Å²) in [5.41, 5.74) is 9.95. The number of thiophene rings is 1. The lowest BCUT2D eigenvalue weighted by Gasteiger charge is -2.24. The van der Waals surface area contributed by atoms with Crippen molar-refractivity contribution in [3.63, 3.8) is 0 Å². The topological polar surface area (TPSA) is 79.2 Å². The zero-order valence-corrected chi connectivity index (χ0v) is 16.4. The molecule has 0 unspecified atom stereocenters. The van der Waals surface area contributed by atoms with Gasteiger partial charge in [-0.15, -0.1) is 11.3 Å². The molecule has 5 N–H and O–H groups in total. The molecule has 0 spiro atoms. The van der Waals surface area contributed by atoms with Crippen molar-refractivity contribution in [2.24, 2.45) is 0 Å². The molecule has 3 aromatic rings. The highest BCUT2D eigenvalue weighted by molar-refractivity contribution is 7.13. The average Bonchev–Trinajstić information content (AvgIpc) is 3.26. The number of nitrogens with two attached hydrogens (primary N) is 1. The highest BCUT2D eigenvalue weighted by Crippen LogP contribution is 2.30. The summed E-state index contributed by atoms with van der Waals surface area (Å²) in [6.07, 6.45) is 2.23. The molecule has 1 aliphatic heterocycles. The van der Waals surface area contributed by atoms with E-state index in [2.05, 4.69) is 22.0 Å². The van der Waals surface area contributed by atoms with Crippen LogP contribution in [0.3, 0.4) is 0 Å². The first-order valence-electron chi connectivity index (χ1n) is 9.51. The number of amides is 1. The van der Waals surface area contributed by atoms with Crippen molar-refractivity contribution in [3.05, 3.63) is 65.5 Å². The SMILES string of the molecule is Nc1ccc(-c2cccs2)cc1NC(=O)c1ccc(NC2CCNCC2)cc1. The number of hydrogen-bond acceptors (Lipinski definition) is 5. The molecule has 5 nitrogen and oxygen atoms in total. The van der Waals surface area contributed by atoms with E-state index in [1.807, 2.05) is 53.9 Å². The smallest absolute Gasteiger partial charge is 0.255 e. The van der Waals surface area contributed by atoms with E-state index >= 15 is 0 Å². The third kappa shape index (κ3) is 4.35. The maximum absolute atomic E-state index is 12.7. The van der Waals surface area contributed by atoms with Gasteiger partial charge in [-0.3, -0.25) is 4.79 Å². The molecule has 0 radical (unpaired) electrons. The molecule has 144 valence electrons. The van der Waals surface area contributed by atoms with Crippen molar-refractivity contribution in [2.45, 2.75) is 18.9 Å². The highest BCUT2D eigenvalue weighted by Gasteiger charge is 2.13. The van der Waals surface area contributed by atoms with Crippen molar-refractivity contribution in [2.75, 3.05) is 29.5 Å². The molecular formula is C22H24N4OS. The van der Waals surface area contributed by atoms with Crippen molar-refractivity contribution in [1.29, 1.82) is 0 Å². The Bertz CT molecular complexity index is 932. The van der Waals surface area contributed by atoms with Gasteiger partial charge < -0.3 is 21.7 Å². The molecule has 0 saturated carbocycles. The van der Waals surface area contributed by atoms with E-state index in [0.717, 1.165) is 42.1 Å². The van der Waals surface area contributed by atoms with Crippen LogP contribution in [0.1, 0.15) is 23.2 Å². The molecule has 1 aliphatic rings. The summed E-state index contributed by atoms with van der Waals surface area (Å²) in [5, 5.41) is 11.9. The lowest BCUT2D eigenvalue weighted by atomic mass is 10.1. The summed E-state index contributed by atoms with van der Waals surface area (Å²) in [6, 6.07) is 17.9. The highest BCUT2D eigenvalue weighted by atomic mass is 32.1. The van der Waals surface area contributed by atoms with E-state index < -0.39 is 0 Å². The summed E-state index contributed by atoms with van der Waals surface area (Å²) < 4.78 is 0. The number of nitrogens with one attached hydrogen (secondary N) is 3. The summed E-state index contributed by atoms with van der Waals surface area (Å²) >= 11 is 1.66. The van der Waals surface area contributed by atoms with E-state index in [4.69, 9.17) is 5.73 Å². The first-order chi connectivity index (χ1) is 13.7. The van der Waals surface area contributed by atoms with Crippen molar-refractivity contribution in [1.82, 2.24) is 5.32 Å². The molecule has 2 heterocycles. The first-order valence-corrected chi connectivity index (χ1v) is 10.4. The molecule has 1 aromatic heterocycles. The Balaban J connectivity index is 1.44. The van der Waals surface area contributed by atoms with Crippen molar-refractivity contribution in [3.8, 4) is 10.4 Å². The molecule has 4 rings (SSSR count). The second-order valence-electron chi connectivity index (χ2n) is 6.98. The normalized spacial score (nSPS) is 14.6. The lowest BCUT2D eigenvalue weighted by molar-refractivity contribution is 0.102. The third-order valence-corrected chi connectivity index (χ3v) is 5.88. The molecule has 1 saturated heterocycles. The lowest BCUT2D eigenvalue weighted by Crippen LogP contribution is -2.35. The van der Waals surface area contributed by atoms with E-state index in [-0.39, 0.29) is 5.91 Å². The van der Waals surface area contributed by atoms with Gasteiger partial charge in [0.1, 0.15) is 0 Å². The number of hydrogen-bond donors (Lipinski definition) is 4. The molecule has 0 bridgehead atoms. The van der Waals surface area contributed by atoms with Gasteiger partial charge in [0.2, 0.25) is 0 Å². The number of rotatable bonds is 5. The van der Waals surface area contributed by atoms with Gasteiger partial charge in [0.15, 0.2) is 0 Å². The maximum Gasteiger partial charge on any atom is 0.255 e. The Morgan fingerprint density at radius 1 is 1.07 bits per heavy atom. The molecule has 28 heavy (non-hydrogen) atoms. The molecule has 0 aliphatic carbocycles. The molecule has 2 aromatic carbocycles. The van der Waals surface area contributed by atoms with Crippen LogP contribution in [-0.4, -0.2) is 25.0 Å². The molecule has 1 amide bonds. The fourth-order valence-corrected chi connectivity index (χ4v) is 4.10. The van der Waals surface area contributed by atoms with E-state index in [1.165, 1.54) is 0 Å².